The first kappa shape index (κ1) is 21.6. The van der Waals surface area contributed by atoms with Crippen LogP contribution in [0, 0.1) is 5.82 Å². The monoisotopic (exact) mass is 437 g/mol. The molecule has 3 aromatic rings. The SMILES string of the molecule is COc1cc(F)ccc1O[C@@H]1CCN(C(=O)c2ccc(-c3ccc(O)cc3)cc2)C[C@H]1O. The fourth-order valence-electron chi connectivity index (χ4n) is 3.78. The molecule has 0 unspecified atom stereocenters. The smallest absolute Gasteiger partial charge is 0.253 e. The van der Waals surface area contributed by atoms with E-state index in [2.05, 4.69) is 0 Å². The van der Waals surface area contributed by atoms with E-state index in [9.17, 15) is 19.4 Å². The zero-order valence-corrected chi connectivity index (χ0v) is 17.6. The highest BCUT2D eigenvalue weighted by atomic mass is 19.1. The van der Waals surface area contributed by atoms with Crippen LogP contribution in [0.5, 0.6) is 17.2 Å². The van der Waals surface area contributed by atoms with Crippen molar-refractivity contribution in [2.24, 2.45) is 0 Å². The van der Waals surface area contributed by atoms with Crippen molar-refractivity contribution in [1.29, 1.82) is 0 Å². The van der Waals surface area contributed by atoms with Crippen LogP contribution in [-0.4, -0.2) is 53.4 Å². The van der Waals surface area contributed by atoms with Crippen molar-refractivity contribution in [2.45, 2.75) is 18.6 Å². The Morgan fingerprint density at radius 1 is 1.00 bits per heavy atom. The van der Waals surface area contributed by atoms with Gasteiger partial charge in [0.15, 0.2) is 11.5 Å². The number of hydrogen-bond acceptors (Lipinski definition) is 5. The average Bonchev–Trinajstić information content (AvgIpc) is 2.81. The number of phenols is 1. The van der Waals surface area contributed by atoms with Gasteiger partial charge in [0.25, 0.3) is 5.91 Å². The van der Waals surface area contributed by atoms with E-state index in [1.54, 1.807) is 29.2 Å². The van der Waals surface area contributed by atoms with Crippen LogP contribution in [0.25, 0.3) is 11.1 Å². The fourth-order valence-corrected chi connectivity index (χ4v) is 3.78. The van der Waals surface area contributed by atoms with E-state index in [4.69, 9.17) is 9.47 Å². The number of rotatable bonds is 5. The second kappa shape index (κ2) is 9.28. The number of amides is 1. The first-order valence-electron chi connectivity index (χ1n) is 10.3. The van der Waals surface area contributed by atoms with Gasteiger partial charge in [-0.2, -0.15) is 0 Å². The molecule has 0 spiro atoms. The third kappa shape index (κ3) is 4.68. The number of likely N-dealkylation sites (tertiary alicyclic amines) is 1. The van der Waals surface area contributed by atoms with E-state index in [1.807, 2.05) is 24.3 Å². The highest BCUT2D eigenvalue weighted by Gasteiger charge is 2.32. The molecule has 1 heterocycles. The number of carbonyl (C=O) groups excluding carboxylic acids is 1. The molecule has 32 heavy (non-hydrogen) atoms. The number of piperidine rings is 1. The highest BCUT2D eigenvalue weighted by molar-refractivity contribution is 5.94. The molecule has 0 bridgehead atoms. The van der Waals surface area contributed by atoms with Gasteiger partial charge < -0.3 is 24.6 Å². The maximum atomic E-state index is 13.4. The summed E-state index contributed by atoms with van der Waals surface area (Å²) >= 11 is 0. The number of phenolic OH excluding ortho intramolecular Hbond substituents is 1. The molecule has 3 aromatic carbocycles. The summed E-state index contributed by atoms with van der Waals surface area (Å²) in [7, 11) is 1.42. The molecule has 2 atom stereocenters. The molecule has 1 aliphatic rings. The van der Waals surface area contributed by atoms with Crippen LogP contribution < -0.4 is 9.47 Å². The van der Waals surface area contributed by atoms with Gasteiger partial charge in [-0.1, -0.05) is 24.3 Å². The van der Waals surface area contributed by atoms with Gasteiger partial charge in [0.1, 0.15) is 23.8 Å². The molecule has 0 saturated carbocycles. The maximum Gasteiger partial charge on any atom is 0.253 e. The predicted molar refractivity (Wildman–Crippen MR) is 117 cm³/mol. The van der Waals surface area contributed by atoms with Gasteiger partial charge in [-0.15, -0.1) is 0 Å². The minimum absolute atomic E-state index is 0.132. The second-order valence-corrected chi connectivity index (χ2v) is 7.68. The molecule has 1 amide bonds. The van der Waals surface area contributed by atoms with Crippen molar-refractivity contribution in [1.82, 2.24) is 4.90 Å². The van der Waals surface area contributed by atoms with Crippen LogP contribution >= 0.6 is 0 Å². The van der Waals surface area contributed by atoms with Gasteiger partial charge in [0.2, 0.25) is 0 Å². The van der Waals surface area contributed by atoms with E-state index in [0.717, 1.165) is 11.1 Å². The maximum absolute atomic E-state index is 13.4. The standard InChI is InChI=1S/C25H24FNO5/c1-31-24-14-19(26)8-11-23(24)32-22-12-13-27(15-21(22)29)25(30)18-4-2-16(3-5-18)17-6-9-20(28)10-7-17/h2-11,14,21-22,28-29H,12-13,15H2,1H3/t21-,22-/m1/s1. The lowest BCUT2D eigenvalue weighted by atomic mass is 10.0. The van der Waals surface area contributed by atoms with Crippen molar-refractivity contribution in [3.05, 3.63) is 78.1 Å². The van der Waals surface area contributed by atoms with Crippen LogP contribution in [0.1, 0.15) is 16.8 Å². The normalized spacial score (nSPS) is 18.3. The van der Waals surface area contributed by atoms with Crippen molar-refractivity contribution >= 4 is 5.91 Å². The van der Waals surface area contributed by atoms with E-state index in [1.165, 1.54) is 25.3 Å². The minimum Gasteiger partial charge on any atom is -0.508 e. The van der Waals surface area contributed by atoms with Crippen LogP contribution in [-0.2, 0) is 0 Å². The summed E-state index contributed by atoms with van der Waals surface area (Å²) in [4.78, 5) is 14.5. The van der Waals surface area contributed by atoms with E-state index in [0.29, 0.717) is 24.3 Å². The highest BCUT2D eigenvalue weighted by Crippen LogP contribution is 2.30. The Labute approximate surface area is 185 Å². The minimum atomic E-state index is -0.890. The first-order valence-corrected chi connectivity index (χ1v) is 10.3. The van der Waals surface area contributed by atoms with Gasteiger partial charge in [-0.3, -0.25) is 4.79 Å². The largest absolute Gasteiger partial charge is 0.508 e. The third-order valence-electron chi connectivity index (χ3n) is 5.54. The molecule has 7 heteroatoms. The number of halogens is 1. The molecule has 0 aromatic heterocycles. The molecule has 0 radical (unpaired) electrons. The Bertz CT molecular complexity index is 1080. The summed E-state index contributed by atoms with van der Waals surface area (Å²) in [6.07, 6.45) is -0.993. The Kier molecular flexibility index (Phi) is 6.28. The van der Waals surface area contributed by atoms with E-state index >= 15 is 0 Å². The van der Waals surface area contributed by atoms with Crippen LogP contribution in [0.4, 0.5) is 4.39 Å². The number of nitrogens with zero attached hydrogens (tertiary/aromatic N) is 1. The Hall–Kier alpha value is -3.58. The lowest BCUT2D eigenvalue weighted by Gasteiger charge is -2.36. The quantitative estimate of drug-likeness (QED) is 0.634. The van der Waals surface area contributed by atoms with Crippen LogP contribution in [0.15, 0.2) is 66.7 Å². The van der Waals surface area contributed by atoms with Gasteiger partial charge in [0, 0.05) is 24.6 Å². The summed E-state index contributed by atoms with van der Waals surface area (Å²) in [5.74, 6) is 0.196. The van der Waals surface area contributed by atoms with Crippen LogP contribution in [0.3, 0.4) is 0 Å². The fraction of sp³-hybridized carbons (Fsp3) is 0.240. The molecule has 2 N–H and O–H groups in total. The average molecular weight is 437 g/mol. The molecule has 0 aliphatic carbocycles. The zero-order chi connectivity index (χ0) is 22.7. The number of carbonyl (C=O) groups is 1. The van der Waals surface area contributed by atoms with E-state index in [-0.39, 0.29) is 24.0 Å². The molecular formula is C25H24FNO5. The molecule has 4 rings (SSSR count). The van der Waals surface area contributed by atoms with Crippen molar-refractivity contribution in [3.63, 3.8) is 0 Å². The molecule has 1 aliphatic heterocycles. The number of benzene rings is 3. The van der Waals surface area contributed by atoms with Gasteiger partial charge in [-0.05, 0) is 47.5 Å². The number of aliphatic hydroxyl groups excluding tert-OH is 1. The van der Waals surface area contributed by atoms with Gasteiger partial charge in [0.05, 0.1) is 13.7 Å². The number of aliphatic hydroxyl groups is 1. The summed E-state index contributed by atoms with van der Waals surface area (Å²) in [5, 5.41) is 20.0. The summed E-state index contributed by atoms with van der Waals surface area (Å²) < 4.78 is 24.4. The first-order chi connectivity index (χ1) is 15.4. The summed E-state index contributed by atoms with van der Waals surface area (Å²) in [6.45, 7) is 0.552. The number of ether oxygens (including phenoxy) is 2. The zero-order valence-electron chi connectivity index (χ0n) is 17.6. The van der Waals surface area contributed by atoms with Gasteiger partial charge >= 0.3 is 0 Å². The summed E-state index contributed by atoms with van der Waals surface area (Å²) in [6, 6.07) is 18.0. The predicted octanol–water partition coefficient (Wildman–Crippen LogP) is 3.86. The lowest BCUT2D eigenvalue weighted by molar-refractivity contribution is -0.0207. The molecule has 1 fully saturated rings. The number of methoxy groups -OCH3 is 1. The van der Waals surface area contributed by atoms with Crippen LogP contribution in [0.2, 0.25) is 0 Å². The third-order valence-corrected chi connectivity index (χ3v) is 5.54. The lowest BCUT2D eigenvalue weighted by Crippen LogP contribution is -2.51. The second-order valence-electron chi connectivity index (χ2n) is 7.68. The van der Waals surface area contributed by atoms with E-state index < -0.39 is 18.0 Å². The van der Waals surface area contributed by atoms with Crippen molar-refractivity contribution in [2.75, 3.05) is 20.2 Å². The Morgan fingerprint density at radius 2 is 1.66 bits per heavy atom. The molecule has 6 nitrogen and oxygen atoms in total. The molecule has 166 valence electrons. The molecule has 1 saturated heterocycles. The Balaban J connectivity index is 1.40. The number of hydrogen-bond donors (Lipinski definition) is 2. The Morgan fingerprint density at radius 3 is 2.28 bits per heavy atom. The van der Waals surface area contributed by atoms with Crippen molar-refractivity contribution < 1.29 is 28.9 Å². The summed E-state index contributed by atoms with van der Waals surface area (Å²) in [5.41, 5.74) is 2.40. The van der Waals surface area contributed by atoms with Gasteiger partial charge in [-0.25, -0.2) is 4.39 Å². The van der Waals surface area contributed by atoms with Crippen molar-refractivity contribution in [3.8, 4) is 28.4 Å². The number of aromatic hydroxyl groups is 1. The topological polar surface area (TPSA) is 79.2 Å². The number of β-amino-alcohol motifs (C(OH)–C–C–N with tert-alkyl or cyclic N) is 1. The molecular weight excluding hydrogens is 413 g/mol.